The van der Waals surface area contributed by atoms with Crippen molar-refractivity contribution >= 4 is 11.7 Å². The summed E-state index contributed by atoms with van der Waals surface area (Å²) >= 11 is 0. The van der Waals surface area contributed by atoms with Crippen molar-refractivity contribution in [2.45, 2.75) is 18.9 Å². The van der Waals surface area contributed by atoms with Crippen LogP contribution in [0.3, 0.4) is 0 Å². The Kier molecular flexibility index (Phi) is 4.53. The number of benzene rings is 2. The van der Waals surface area contributed by atoms with Crippen LogP contribution in [-0.4, -0.2) is 40.9 Å². The summed E-state index contributed by atoms with van der Waals surface area (Å²) in [7, 11) is 0. The summed E-state index contributed by atoms with van der Waals surface area (Å²) in [4.78, 5) is 27.2. The van der Waals surface area contributed by atoms with E-state index in [0.29, 0.717) is 23.2 Å². The summed E-state index contributed by atoms with van der Waals surface area (Å²) in [5.74, 6) is -0.337. The van der Waals surface area contributed by atoms with Gasteiger partial charge in [-0.3, -0.25) is 9.59 Å². The molecule has 4 nitrogen and oxygen atoms in total. The van der Waals surface area contributed by atoms with Crippen LogP contribution < -0.4 is 0 Å². The maximum atomic E-state index is 12.8. The van der Waals surface area contributed by atoms with Crippen LogP contribution in [0.25, 0.3) is 0 Å². The van der Waals surface area contributed by atoms with Gasteiger partial charge in [0, 0.05) is 17.7 Å². The van der Waals surface area contributed by atoms with Gasteiger partial charge in [-0.1, -0.05) is 48.5 Å². The van der Waals surface area contributed by atoms with Gasteiger partial charge in [-0.25, -0.2) is 0 Å². The lowest BCUT2D eigenvalue weighted by Gasteiger charge is -2.24. The molecule has 0 saturated carbocycles. The summed E-state index contributed by atoms with van der Waals surface area (Å²) in [6, 6.07) is 15.7. The number of carbonyl (C=O) groups is 2. The normalized spacial score (nSPS) is 17.3. The number of amides is 1. The van der Waals surface area contributed by atoms with E-state index in [0.717, 1.165) is 12.8 Å². The third kappa shape index (κ3) is 3.03. The lowest BCUT2D eigenvalue weighted by molar-refractivity contribution is 0.0674. The molecule has 118 valence electrons. The first-order valence-corrected chi connectivity index (χ1v) is 7.83. The SMILES string of the molecule is O=C(c1ccccc1)c1ccccc1C(=O)N1CCCC1CO. The van der Waals surface area contributed by atoms with Gasteiger partial charge in [0.2, 0.25) is 0 Å². The molecule has 1 saturated heterocycles. The van der Waals surface area contributed by atoms with Crippen LogP contribution in [0, 0.1) is 0 Å². The molecule has 0 aliphatic carbocycles. The molecule has 1 unspecified atom stereocenters. The molecule has 2 aromatic carbocycles. The number of nitrogens with zero attached hydrogens (tertiary/aromatic N) is 1. The highest BCUT2D eigenvalue weighted by Crippen LogP contribution is 2.22. The Morgan fingerprint density at radius 1 is 1.00 bits per heavy atom. The second-order valence-electron chi connectivity index (χ2n) is 5.72. The number of hydrogen-bond acceptors (Lipinski definition) is 3. The van der Waals surface area contributed by atoms with Crippen LogP contribution in [0.15, 0.2) is 54.6 Å². The summed E-state index contributed by atoms with van der Waals surface area (Å²) in [5.41, 5.74) is 1.38. The standard InChI is InChI=1S/C19H19NO3/c21-13-15-9-6-12-20(15)19(23)17-11-5-4-10-16(17)18(22)14-7-2-1-3-8-14/h1-5,7-8,10-11,15,21H,6,9,12-13H2. The molecule has 2 aromatic rings. The van der Waals surface area contributed by atoms with Gasteiger partial charge in [0.25, 0.3) is 5.91 Å². The van der Waals surface area contributed by atoms with Crippen molar-refractivity contribution < 1.29 is 14.7 Å². The molecule has 0 radical (unpaired) electrons. The topological polar surface area (TPSA) is 57.6 Å². The predicted molar refractivity (Wildman–Crippen MR) is 87.5 cm³/mol. The third-order valence-electron chi connectivity index (χ3n) is 4.29. The molecule has 0 spiro atoms. The second kappa shape index (κ2) is 6.75. The number of hydrogen-bond donors (Lipinski definition) is 1. The molecule has 23 heavy (non-hydrogen) atoms. The van der Waals surface area contributed by atoms with Crippen molar-refractivity contribution in [2.24, 2.45) is 0 Å². The number of rotatable bonds is 4. The Balaban J connectivity index is 1.95. The van der Waals surface area contributed by atoms with E-state index in [1.54, 1.807) is 53.4 Å². The first kappa shape index (κ1) is 15.4. The minimum atomic E-state index is -0.179. The van der Waals surface area contributed by atoms with Crippen molar-refractivity contribution in [3.8, 4) is 0 Å². The molecule has 1 amide bonds. The number of aliphatic hydroxyl groups is 1. The van der Waals surface area contributed by atoms with Gasteiger partial charge in [-0.2, -0.15) is 0 Å². The van der Waals surface area contributed by atoms with Gasteiger partial charge < -0.3 is 10.0 Å². The molecular formula is C19H19NO3. The summed E-state index contributed by atoms with van der Waals surface area (Å²) < 4.78 is 0. The van der Waals surface area contributed by atoms with E-state index in [1.807, 2.05) is 6.07 Å². The van der Waals surface area contributed by atoms with Crippen LogP contribution >= 0.6 is 0 Å². The zero-order valence-electron chi connectivity index (χ0n) is 12.8. The second-order valence-corrected chi connectivity index (χ2v) is 5.72. The third-order valence-corrected chi connectivity index (χ3v) is 4.29. The fourth-order valence-electron chi connectivity index (χ4n) is 3.06. The number of likely N-dealkylation sites (tertiary alicyclic amines) is 1. The van der Waals surface area contributed by atoms with Gasteiger partial charge in [0.15, 0.2) is 5.78 Å². The van der Waals surface area contributed by atoms with E-state index in [2.05, 4.69) is 0 Å². The number of carbonyl (C=O) groups excluding carboxylic acids is 2. The molecule has 0 aromatic heterocycles. The number of ketones is 1. The minimum absolute atomic E-state index is 0.0411. The molecule has 1 heterocycles. The summed E-state index contributed by atoms with van der Waals surface area (Å²) in [6.45, 7) is 0.582. The molecule has 4 heteroatoms. The van der Waals surface area contributed by atoms with Crippen molar-refractivity contribution in [3.05, 3.63) is 71.3 Å². The molecule has 1 aliphatic rings. The Morgan fingerprint density at radius 3 is 2.35 bits per heavy atom. The quantitative estimate of drug-likeness (QED) is 0.883. The zero-order valence-corrected chi connectivity index (χ0v) is 12.8. The Morgan fingerprint density at radius 2 is 1.65 bits per heavy atom. The van der Waals surface area contributed by atoms with E-state index in [1.165, 1.54) is 0 Å². The van der Waals surface area contributed by atoms with Crippen molar-refractivity contribution in [2.75, 3.05) is 13.2 Å². The zero-order chi connectivity index (χ0) is 16.2. The molecule has 1 fully saturated rings. The maximum absolute atomic E-state index is 12.8. The highest BCUT2D eigenvalue weighted by Gasteiger charge is 2.30. The van der Waals surface area contributed by atoms with Crippen LogP contribution in [0.5, 0.6) is 0 Å². The Bertz CT molecular complexity index is 712. The lowest BCUT2D eigenvalue weighted by Crippen LogP contribution is -2.38. The van der Waals surface area contributed by atoms with E-state index in [9.17, 15) is 14.7 Å². The van der Waals surface area contributed by atoms with Gasteiger partial charge in [-0.15, -0.1) is 0 Å². The minimum Gasteiger partial charge on any atom is -0.394 e. The first-order valence-electron chi connectivity index (χ1n) is 7.83. The molecule has 3 rings (SSSR count). The van der Waals surface area contributed by atoms with Gasteiger partial charge in [-0.05, 0) is 18.9 Å². The van der Waals surface area contributed by atoms with Crippen molar-refractivity contribution in [3.63, 3.8) is 0 Å². The predicted octanol–water partition coefficient (Wildman–Crippen LogP) is 2.51. The smallest absolute Gasteiger partial charge is 0.254 e. The average molecular weight is 309 g/mol. The molecule has 1 N–H and O–H groups in total. The molecule has 0 bridgehead atoms. The van der Waals surface area contributed by atoms with Crippen LogP contribution in [-0.2, 0) is 0 Å². The van der Waals surface area contributed by atoms with Crippen LogP contribution in [0.1, 0.15) is 39.1 Å². The van der Waals surface area contributed by atoms with Crippen molar-refractivity contribution in [1.29, 1.82) is 0 Å². The van der Waals surface area contributed by atoms with Gasteiger partial charge in [0.1, 0.15) is 0 Å². The fourth-order valence-corrected chi connectivity index (χ4v) is 3.06. The summed E-state index contributed by atoms with van der Waals surface area (Å²) in [6.07, 6.45) is 1.68. The first-order chi connectivity index (χ1) is 11.2. The number of aliphatic hydroxyl groups excluding tert-OH is 1. The van der Waals surface area contributed by atoms with E-state index in [4.69, 9.17) is 0 Å². The van der Waals surface area contributed by atoms with E-state index >= 15 is 0 Å². The molecule has 1 aliphatic heterocycles. The monoisotopic (exact) mass is 309 g/mol. The van der Waals surface area contributed by atoms with Crippen LogP contribution in [0.2, 0.25) is 0 Å². The van der Waals surface area contributed by atoms with Gasteiger partial charge in [0.05, 0.1) is 18.2 Å². The highest BCUT2D eigenvalue weighted by molar-refractivity contribution is 6.15. The van der Waals surface area contributed by atoms with Crippen molar-refractivity contribution in [1.82, 2.24) is 4.90 Å². The highest BCUT2D eigenvalue weighted by atomic mass is 16.3. The lowest BCUT2D eigenvalue weighted by atomic mass is 9.97. The Hall–Kier alpha value is -2.46. The Labute approximate surface area is 135 Å². The van der Waals surface area contributed by atoms with E-state index < -0.39 is 0 Å². The van der Waals surface area contributed by atoms with E-state index in [-0.39, 0.29) is 24.3 Å². The largest absolute Gasteiger partial charge is 0.394 e. The maximum Gasteiger partial charge on any atom is 0.254 e. The average Bonchev–Trinajstić information content (AvgIpc) is 3.10. The van der Waals surface area contributed by atoms with Crippen LogP contribution in [0.4, 0.5) is 0 Å². The summed E-state index contributed by atoms with van der Waals surface area (Å²) in [5, 5.41) is 9.43. The molecular weight excluding hydrogens is 290 g/mol. The van der Waals surface area contributed by atoms with Gasteiger partial charge >= 0.3 is 0 Å². The molecule has 1 atom stereocenters. The fraction of sp³-hybridized carbons (Fsp3) is 0.263.